The Bertz CT molecular complexity index is 1230. The predicted molar refractivity (Wildman–Crippen MR) is 117 cm³/mol. The average molecular weight is 432 g/mol. The van der Waals surface area contributed by atoms with Gasteiger partial charge in [-0.1, -0.05) is 38.1 Å². The van der Waals surface area contributed by atoms with Crippen LogP contribution in [-0.2, 0) is 9.59 Å². The van der Waals surface area contributed by atoms with E-state index in [1.54, 1.807) is 24.3 Å². The number of amides is 1. The van der Waals surface area contributed by atoms with E-state index in [1.165, 1.54) is 29.4 Å². The fourth-order valence-electron chi connectivity index (χ4n) is 3.76. The molecule has 1 fully saturated rings. The molecule has 32 heavy (non-hydrogen) atoms. The van der Waals surface area contributed by atoms with Crippen LogP contribution in [0.3, 0.4) is 0 Å². The first-order valence-electron chi connectivity index (χ1n) is 9.98. The number of nitrogens with zero attached hydrogens (tertiary/aromatic N) is 2. The molecule has 8 nitrogen and oxygen atoms in total. The molecule has 2 aromatic carbocycles. The van der Waals surface area contributed by atoms with Crippen LogP contribution >= 0.6 is 0 Å². The van der Waals surface area contributed by atoms with Crippen LogP contribution in [0.5, 0.6) is 0 Å². The van der Waals surface area contributed by atoms with Crippen molar-refractivity contribution in [2.24, 2.45) is 0 Å². The van der Waals surface area contributed by atoms with Gasteiger partial charge in [0.2, 0.25) is 0 Å². The molecule has 1 N–H and O–H groups in total. The van der Waals surface area contributed by atoms with Gasteiger partial charge in [0.25, 0.3) is 17.4 Å². The van der Waals surface area contributed by atoms with Gasteiger partial charge >= 0.3 is 0 Å². The molecule has 0 bridgehead atoms. The van der Waals surface area contributed by atoms with E-state index < -0.39 is 28.4 Å². The molecule has 1 aliphatic rings. The summed E-state index contributed by atoms with van der Waals surface area (Å²) in [5, 5.41) is 22.1. The smallest absolute Gasteiger partial charge is 0.300 e. The molecule has 0 spiro atoms. The van der Waals surface area contributed by atoms with Crippen LogP contribution < -0.4 is 4.90 Å². The molecule has 1 atom stereocenters. The van der Waals surface area contributed by atoms with Gasteiger partial charge < -0.3 is 9.52 Å². The Hall–Kier alpha value is -4.20. The quantitative estimate of drug-likeness (QED) is 0.201. The first-order valence-corrected chi connectivity index (χ1v) is 9.98. The number of furan rings is 1. The highest BCUT2D eigenvalue weighted by molar-refractivity contribution is 6.51. The van der Waals surface area contributed by atoms with Crippen LogP contribution in [0, 0.1) is 10.1 Å². The lowest BCUT2D eigenvalue weighted by Crippen LogP contribution is -2.29. The van der Waals surface area contributed by atoms with Crippen LogP contribution in [-0.4, -0.2) is 21.7 Å². The first kappa shape index (κ1) is 21.0. The number of non-ortho nitro benzene ring substituents is 1. The summed E-state index contributed by atoms with van der Waals surface area (Å²) in [7, 11) is 0. The van der Waals surface area contributed by atoms with Gasteiger partial charge in [-0.25, -0.2) is 0 Å². The number of ketones is 1. The van der Waals surface area contributed by atoms with Crippen LogP contribution in [0.2, 0.25) is 0 Å². The molecule has 162 valence electrons. The molecule has 0 aliphatic carbocycles. The summed E-state index contributed by atoms with van der Waals surface area (Å²) >= 11 is 0. The number of aliphatic hydroxyl groups excluding tert-OH is 1. The summed E-state index contributed by atoms with van der Waals surface area (Å²) in [6.07, 6.45) is 1.41. The first-order chi connectivity index (χ1) is 15.3. The molecule has 4 rings (SSSR count). The number of carbonyl (C=O) groups is 2. The third kappa shape index (κ3) is 3.56. The van der Waals surface area contributed by atoms with Gasteiger partial charge in [0, 0.05) is 23.4 Å². The molecular weight excluding hydrogens is 412 g/mol. The van der Waals surface area contributed by atoms with E-state index in [9.17, 15) is 24.8 Å². The van der Waals surface area contributed by atoms with E-state index in [1.807, 2.05) is 26.0 Å². The zero-order chi connectivity index (χ0) is 23.0. The number of aliphatic hydroxyl groups is 1. The lowest BCUT2D eigenvalue weighted by atomic mass is 9.98. The lowest BCUT2D eigenvalue weighted by molar-refractivity contribution is -0.384. The molecule has 1 amide bonds. The zero-order valence-electron chi connectivity index (χ0n) is 17.4. The molecule has 0 radical (unpaired) electrons. The van der Waals surface area contributed by atoms with E-state index in [4.69, 9.17) is 4.42 Å². The van der Waals surface area contributed by atoms with Crippen molar-refractivity contribution >= 4 is 28.8 Å². The van der Waals surface area contributed by atoms with Gasteiger partial charge in [0.1, 0.15) is 17.6 Å². The van der Waals surface area contributed by atoms with Crippen LogP contribution in [0.4, 0.5) is 11.4 Å². The number of nitro benzene ring substituents is 1. The molecule has 8 heteroatoms. The zero-order valence-corrected chi connectivity index (χ0v) is 17.4. The number of hydrogen-bond donors (Lipinski definition) is 1. The Labute approximate surface area is 183 Å². The van der Waals surface area contributed by atoms with E-state index in [0.717, 1.165) is 11.6 Å². The largest absolute Gasteiger partial charge is 0.507 e. The van der Waals surface area contributed by atoms with Crippen molar-refractivity contribution in [2.75, 3.05) is 4.90 Å². The number of hydrogen-bond acceptors (Lipinski definition) is 6. The normalized spacial score (nSPS) is 17.8. The van der Waals surface area contributed by atoms with Gasteiger partial charge in [0.05, 0.1) is 16.8 Å². The second-order valence-corrected chi connectivity index (χ2v) is 7.74. The molecule has 1 aromatic heterocycles. The van der Waals surface area contributed by atoms with Crippen LogP contribution in [0.15, 0.2) is 76.9 Å². The van der Waals surface area contributed by atoms with E-state index >= 15 is 0 Å². The Morgan fingerprint density at radius 2 is 1.81 bits per heavy atom. The highest BCUT2D eigenvalue weighted by Gasteiger charge is 2.48. The van der Waals surface area contributed by atoms with E-state index in [0.29, 0.717) is 5.69 Å². The summed E-state index contributed by atoms with van der Waals surface area (Å²) < 4.78 is 5.51. The Kier molecular flexibility index (Phi) is 5.36. The van der Waals surface area contributed by atoms with Crippen molar-refractivity contribution in [1.29, 1.82) is 0 Å². The summed E-state index contributed by atoms with van der Waals surface area (Å²) in [5.41, 5.74) is 1.15. The third-order valence-corrected chi connectivity index (χ3v) is 5.43. The average Bonchev–Trinajstić information content (AvgIpc) is 3.40. The van der Waals surface area contributed by atoms with Gasteiger partial charge in [-0.3, -0.25) is 24.6 Å². The van der Waals surface area contributed by atoms with Crippen LogP contribution in [0.1, 0.15) is 42.7 Å². The van der Waals surface area contributed by atoms with E-state index in [2.05, 4.69) is 0 Å². The molecule has 0 saturated carbocycles. The van der Waals surface area contributed by atoms with Crippen molar-refractivity contribution < 1.29 is 24.0 Å². The molecule has 3 aromatic rings. The fraction of sp³-hybridized carbons (Fsp3) is 0.167. The third-order valence-electron chi connectivity index (χ3n) is 5.43. The fourth-order valence-corrected chi connectivity index (χ4v) is 3.76. The maximum Gasteiger partial charge on any atom is 0.300 e. The minimum Gasteiger partial charge on any atom is -0.507 e. The summed E-state index contributed by atoms with van der Waals surface area (Å²) in [4.78, 5) is 37.9. The van der Waals surface area contributed by atoms with Crippen molar-refractivity contribution in [3.63, 3.8) is 0 Å². The standard InChI is InChI=1S/C24H20N2O6/c1-14(2)15-8-10-17(11-9-15)25-21(19-7-4-12-32-19)20(23(28)24(25)29)22(27)16-5-3-6-18(13-16)26(30)31/h3-14,21,27H,1-2H3/b22-20-. The summed E-state index contributed by atoms with van der Waals surface area (Å²) in [6.45, 7) is 4.09. The summed E-state index contributed by atoms with van der Waals surface area (Å²) in [6, 6.07) is 14.7. The maximum atomic E-state index is 13.0. The number of nitro groups is 1. The molecule has 1 aliphatic heterocycles. The van der Waals surface area contributed by atoms with Crippen molar-refractivity contribution in [1.82, 2.24) is 0 Å². The van der Waals surface area contributed by atoms with Gasteiger partial charge in [-0.2, -0.15) is 0 Å². The second kappa shape index (κ2) is 8.14. The molecular formula is C24H20N2O6. The Morgan fingerprint density at radius 3 is 2.41 bits per heavy atom. The van der Waals surface area contributed by atoms with Crippen molar-refractivity contribution in [3.05, 3.63) is 99.5 Å². The van der Waals surface area contributed by atoms with Crippen molar-refractivity contribution in [2.45, 2.75) is 25.8 Å². The number of benzene rings is 2. The number of anilines is 1. The number of carbonyl (C=O) groups excluding carboxylic acids is 2. The lowest BCUT2D eigenvalue weighted by Gasteiger charge is -2.23. The topological polar surface area (TPSA) is 114 Å². The minimum atomic E-state index is -1.02. The number of Topliss-reactive ketones (excluding diaryl/α,β-unsaturated/α-hetero) is 1. The highest BCUT2D eigenvalue weighted by atomic mass is 16.6. The predicted octanol–water partition coefficient (Wildman–Crippen LogP) is 4.94. The Balaban J connectivity index is 1.88. The van der Waals surface area contributed by atoms with Crippen LogP contribution in [0.25, 0.3) is 5.76 Å². The number of rotatable bonds is 5. The molecule has 2 heterocycles. The van der Waals surface area contributed by atoms with Gasteiger partial charge in [0.15, 0.2) is 0 Å². The second-order valence-electron chi connectivity index (χ2n) is 7.74. The Morgan fingerprint density at radius 1 is 1.09 bits per heavy atom. The van der Waals surface area contributed by atoms with Gasteiger partial charge in [-0.15, -0.1) is 0 Å². The van der Waals surface area contributed by atoms with E-state index in [-0.39, 0.29) is 28.5 Å². The molecule has 1 saturated heterocycles. The highest BCUT2D eigenvalue weighted by Crippen LogP contribution is 2.42. The van der Waals surface area contributed by atoms with Crippen molar-refractivity contribution in [3.8, 4) is 0 Å². The summed E-state index contributed by atoms with van der Waals surface area (Å²) in [5.74, 6) is -1.66. The molecule has 1 unspecified atom stereocenters. The monoisotopic (exact) mass is 432 g/mol. The van der Waals surface area contributed by atoms with Gasteiger partial charge in [-0.05, 0) is 35.7 Å². The minimum absolute atomic E-state index is 0.0592. The SMILES string of the molecule is CC(C)c1ccc(N2C(=O)C(=O)/C(=C(\O)c3cccc([N+](=O)[O-])c3)C2c2ccco2)cc1. The maximum absolute atomic E-state index is 13.0.